The lowest BCUT2D eigenvalue weighted by molar-refractivity contribution is -0.136. The van der Waals surface area contributed by atoms with E-state index in [9.17, 15) is 18.4 Å². The molecule has 0 unspecified atom stereocenters. The number of carbonyl (C=O) groups is 2. The third-order valence-electron chi connectivity index (χ3n) is 4.65. The van der Waals surface area contributed by atoms with Crippen molar-refractivity contribution in [2.45, 2.75) is 31.1 Å². The molecule has 1 amide bonds. The number of halogens is 2. The minimum absolute atomic E-state index is 0.112. The molecule has 1 fully saturated rings. The standard InChI is InChI=1S/C19H17F2NO3/c20-14-3-1-4-15(21)17(14)19(9-2-10-19)18(25)22-13-7-5-12(6-8-13)11-16(23)24/h1,3-8H,2,9-11H2,(H,22,25)(H,23,24). The molecule has 1 saturated carbocycles. The summed E-state index contributed by atoms with van der Waals surface area (Å²) in [4.78, 5) is 23.4. The Morgan fingerprint density at radius 2 is 1.64 bits per heavy atom. The van der Waals surface area contributed by atoms with Gasteiger partial charge in [0, 0.05) is 11.3 Å². The SMILES string of the molecule is O=C(O)Cc1ccc(NC(=O)C2(c3c(F)cccc3F)CCC2)cc1. The molecular formula is C19H17F2NO3. The molecule has 4 nitrogen and oxygen atoms in total. The predicted octanol–water partition coefficient (Wildman–Crippen LogP) is 3.65. The van der Waals surface area contributed by atoms with Gasteiger partial charge < -0.3 is 10.4 Å². The molecule has 0 saturated heterocycles. The summed E-state index contributed by atoms with van der Waals surface area (Å²) in [6, 6.07) is 9.96. The molecule has 2 aromatic rings. The smallest absolute Gasteiger partial charge is 0.307 e. The lowest BCUT2D eigenvalue weighted by atomic mass is 9.63. The number of rotatable bonds is 5. The Bertz CT molecular complexity index is 794. The molecule has 6 heteroatoms. The molecule has 0 radical (unpaired) electrons. The van der Waals surface area contributed by atoms with E-state index in [0.717, 1.165) is 18.6 Å². The number of hydrogen-bond donors (Lipinski definition) is 2. The highest BCUT2D eigenvalue weighted by Crippen LogP contribution is 2.46. The maximum atomic E-state index is 14.2. The zero-order chi connectivity index (χ0) is 18.0. The van der Waals surface area contributed by atoms with Gasteiger partial charge in [-0.25, -0.2) is 8.78 Å². The third kappa shape index (κ3) is 3.24. The Labute approximate surface area is 143 Å². The fourth-order valence-electron chi connectivity index (χ4n) is 3.21. The number of carboxylic acid groups (broad SMARTS) is 1. The van der Waals surface area contributed by atoms with Crippen molar-refractivity contribution in [3.05, 3.63) is 65.2 Å². The van der Waals surface area contributed by atoms with Crippen LogP contribution in [0.1, 0.15) is 30.4 Å². The maximum absolute atomic E-state index is 14.2. The average molecular weight is 345 g/mol. The van der Waals surface area contributed by atoms with Crippen LogP contribution >= 0.6 is 0 Å². The number of aliphatic carboxylic acids is 1. The monoisotopic (exact) mass is 345 g/mol. The van der Waals surface area contributed by atoms with Gasteiger partial charge in [-0.2, -0.15) is 0 Å². The molecule has 0 aliphatic heterocycles. The van der Waals surface area contributed by atoms with Gasteiger partial charge in [-0.3, -0.25) is 9.59 Å². The topological polar surface area (TPSA) is 66.4 Å². The van der Waals surface area contributed by atoms with E-state index in [0.29, 0.717) is 24.1 Å². The number of amides is 1. The van der Waals surface area contributed by atoms with Gasteiger partial charge in [0.05, 0.1) is 11.8 Å². The molecule has 1 aliphatic carbocycles. The Hall–Kier alpha value is -2.76. The van der Waals surface area contributed by atoms with E-state index >= 15 is 0 Å². The minimum atomic E-state index is -1.20. The molecule has 130 valence electrons. The first-order valence-corrected chi connectivity index (χ1v) is 7.99. The summed E-state index contributed by atoms with van der Waals surface area (Å²) in [6.45, 7) is 0. The van der Waals surface area contributed by atoms with E-state index in [2.05, 4.69) is 5.32 Å². The van der Waals surface area contributed by atoms with Gasteiger partial charge in [-0.15, -0.1) is 0 Å². The van der Waals surface area contributed by atoms with Crippen molar-refractivity contribution in [1.29, 1.82) is 0 Å². The number of anilines is 1. The number of nitrogens with one attached hydrogen (secondary N) is 1. The van der Waals surface area contributed by atoms with E-state index in [1.165, 1.54) is 6.07 Å². The second-order valence-corrected chi connectivity index (χ2v) is 6.25. The fourth-order valence-corrected chi connectivity index (χ4v) is 3.21. The first-order chi connectivity index (χ1) is 11.9. The highest BCUT2D eigenvalue weighted by molar-refractivity contribution is 6.00. The lowest BCUT2D eigenvalue weighted by Crippen LogP contribution is -2.47. The minimum Gasteiger partial charge on any atom is -0.481 e. The first-order valence-electron chi connectivity index (χ1n) is 7.99. The van der Waals surface area contributed by atoms with Crippen LogP contribution in [0.25, 0.3) is 0 Å². The molecule has 0 heterocycles. The summed E-state index contributed by atoms with van der Waals surface area (Å²) in [5, 5.41) is 11.5. The third-order valence-corrected chi connectivity index (χ3v) is 4.65. The largest absolute Gasteiger partial charge is 0.481 e. The molecule has 3 rings (SSSR count). The van der Waals surface area contributed by atoms with Crippen molar-refractivity contribution in [2.24, 2.45) is 0 Å². The second kappa shape index (κ2) is 6.63. The van der Waals surface area contributed by atoms with Gasteiger partial charge in [-0.1, -0.05) is 24.6 Å². The van der Waals surface area contributed by atoms with Crippen molar-refractivity contribution in [3.63, 3.8) is 0 Å². The van der Waals surface area contributed by atoms with Gasteiger partial charge in [0.15, 0.2) is 0 Å². The fraction of sp³-hybridized carbons (Fsp3) is 0.263. The van der Waals surface area contributed by atoms with Crippen LogP contribution in [-0.4, -0.2) is 17.0 Å². The van der Waals surface area contributed by atoms with Gasteiger partial charge in [0.2, 0.25) is 5.91 Å². The van der Waals surface area contributed by atoms with E-state index in [1.54, 1.807) is 24.3 Å². The number of carboxylic acids is 1. The van der Waals surface area contributed by atoms with Crippen molar-refractivity contribution in [3.8, 4) is 0 Å². The van der Waals surface area contributed by atoms with E-state index in [4.69, 9.17) is 5.11 Å². The quantitative estimate of drug-likeness (QED) is 0.869. The van der Waals surface area contributed by atoms with Gasteiger partial charge in [0.1, 0.15) is 11.6 Å². The summed E-state index contributed by atoms with van der Waals surface area (Å²) in [5.74, 6) is -2.83. The Morgan fingerprint density at radius 1 is 1.04 bits per heavy atom. The van der Waals surface area contributed by atoms with Crippen LogP contribution in [0.3, 0.4) is 0 Å². The van der Waals surface area contributed by atoms with E-state index < -0.39 is 28.9 Å². The van der Waals surface area contributed by atoms with Gasteiger partial charge >= 0.3 is 5.97 Å². The lowest BCUT2D eigenvalue weighted by Gasteiger charge is -2.40. The van der Waals surface area contributed by atoms with E-state index in [1.807, 2.05) is 0 Å². The zero-order valence-electron chi connectivity index (χ0n) is 13.4. The van der Waals surface area contributed by atoms with Gasteiger partial charge in [0.25, 0.3) is 0 Å². The van der Waals surface area contributed by atoms with Crippen LogP contribution in [0.15, 0.2) is 42.5 Å². The number of benzene rings is 2. The van der Waals surface area contributed by atoms with Crippen molar-refractivity contribution < 1.29 is 23.5 Å². The Kier molecular flexibility index (Phi) is 4.53. The van der Waals surface area contributed by atoms with Crippen molar-refractivity contribution in [2.75, 3.05) is 5.32 Å². The predicted molar refractivity (Wildman–Crippen MR) is 88.3 cm³/mol. The van der Waals surface area contributed by atoms with Crippen LogP contribution < -0.4 is 5.32 Å². The summed E-state index contributed by atoms with van der Waals surface area (Å²) in [5.41, 5.74) is -0.317. The van der Waals surface area contributed by atoms with Crippen LogP contribution in [-0.2, 0) is 21.4 Å². The number of hydrogen-bond acceptors (Lipinski definition) is 2. The summed E-state index contributed by atoms with van der Waals surface area (Å²) >= 11 is 0. The zero-order valence-corrected chi connectivity index (χ0v) is 13.4. The Morgan fingerprint density at radius 3 is 2.12 bits per heavy atom. The van der Waals surface area contributed by atoms with Gasteiger partial charge in [-0.05, 0) is 42.7 Å². The van der Waals surface area contributed by atoms with Crippen LogP contribution in [0.4, 0.5) is 14.5 Å². The Balaban J connectivity index is 1.83. The molecule has 0 atom stereocenters. The first kappa shape index (κ1) is 17.1. The molecule has 25 heavy (non-hydrogen) atoms. The highest BCUT2D eigenvalue weighted by atomic mass is 19.1. The molecule has 2 aromatic carbocycles. The molecule has 1 aliphatic rings. The van der Waals surface area contributed by atoms with Crippen molar-refractivity contribution in [1.82, 2.24) is 0 Å². The molecule has 0 aromatic heterocycles. The highest BCUT2D eigenvalue weighted by Gasteiger charge is 2.49. The van der Waals surface area contributed by atoms with Crippen LogP contribution in [0, 0.1) is 11.6 Å². The molecule has 0 bridgehead atoms. The molecule has 0 spiro atoms. The summed E-state index contributed by atoms with van der Waals surface area (Å²) in [7, 11) is 0. The van der Waals surface area contributed by atoms with Crippen molar-refractivity contribution >= 4 is 17.6 Å². The van der Waals surface area contributed by atoms with Crippen LogP contribution in [0.2, 0.25) is 0 Å². The normalized spacial score (nSPS) is 15.3. The summed E-state index contributed by atoms with van der Waals surface area (Å²) in [6.07, 6.45) is 1.37. The second-order valence-electron chi connectivity index (χ2n) is 6.25. The maximum Gasteiger partial charge on any atom is 0.307 e. The van der Waals surface area contributed by atoms with E-state index in [-0.39, 0.29) is 12.0 Å². The molecular weight excluding hydrogens is 328 g/mol. The van der Waals surface area contributed by atoms with Crippen LogP contribution in [0.5, 0.6) is 0 Å². The average Bonchev–Trinajstić information content (AvgIpc) is 2.50. The number of carbonyl (C=O) groups excluding carboxylic acids is 1. The molecule has 2 N–H and O–H groups in total. The summed E-state index contributed by atoms with van der Waals surface area (Å²) < 4.78 is 28.3.